The van der Waals surface area contributed by atoms with E-state index in [9.17, 15) is 9.00 Å². The lowest BCUT2D eigenvalue weighted by Crippen LogP contribution is -2.31. The number of carbonyl (C=O) groups is 1. The van der Waals surface area contributed by atoms with E-state index in [1.54, 1.807) is 32.9 Å². The highest BCUT2D eigenvalue weighted by Gasteiger charge is 2.30. The van der Waals surface area contributed by atoms with E-state index in [2.05, 4.69) is 30.0 Å². The Hall–Kier alpha value is -3.27. The number of benzene rings is 1. The summed E-state index contributed by atoms with van der Waals surface area (Å²) in [7, 11) is 0.926. The maximum absolute atomic E-state index is 12.1. The van der Waals surface area contributed by atoms with Gasteiger partial charge in [0.1, 0.15) is 5.84 Å². The highest BCUT2D eigenvalue weighted by atomic mass is 32.2. The quantitative estimate of drug-likeness (QED) is 0.448. The molecule has 3 rings (SSSR count). The molecule has 1 aromatic heterocycles. The number of nitrogens with one attached hydrogen (secondary N) is 2. The third kappa shape index (κ3) is 6.85. The van der Waals surface area contributed by atoms with Crippen LogP contribution in [0.15, 0.2) is 51.7 Å². The van der Waals surface area contributed by atoms with Crippen LogP contribution in [0.1, 0.15) is 26.2 Å². The summed E-state index contributed by atoms with van der Waals surface area (Å²) in [4.78, 5) is 25.0. The number of amidine groups is 1. The topological polar surface area (TPSA) is 118 Å². The number of rotatable bonds is 8. The third-order valence-corrected chi connectivity index (χ3v) is 5.50. The fourth-order valence-corrected chi connectivity index (χ4v) is 3.63. The van der Waals surface area contributed by atoms with Gasteiger partial charge in [0, 0.05) is 46.5 Å². The summed E-state index contributed by atoms with van der Waals surface area (Å²) in [6.07, 6.45) is 10.6. The number of anilines is 1. The molecule has 1 aromatic carbocycles. The van der Waals surface area contributed by atoms with Crippen LogP contribution in [0.4, 0.5) is 11.5 Å². The molecule has 1 aliphatic rings. The van der Waals surface area contributed by atoms with Crippen molar-refractivity contribution in [3.63, 3.8) is 0 Å². The lowest BCUT2D eigenvalue weighted by molar-refractivity contribution is -0.120. The Bertz CT molecular complexity index is 1190. The van der Waals surface area contributed by atoms with Gasteiger partial charge in [0.2, 0.25) is 5.91 Å². The average Bonchev–Trinajstić information content (AvgIpc) is 3.63. The lowest BCUT2D eigenvalue weighted by Gasteiger charge is -2.16. The molecule has 1 heterocycles. The molecule has 33 heavy (non-hydrogen) atoms. The molecule has 0 aliphatic heterocycles. The van der Waals surface area contributed by atoms with E-state index in [1.807, 2.05) is 31.2 Å². The smallest absolute Gasteiger partial charge is 0.228 e. The molecule has 0 atom stereocenters. The number of ether oxygens (including phenoxy) is 1. The van der Waals surface area contributed by atoms with E-state index < -0.39 is 9.73 Å². The molecule has 0 spiro atoms. The minimum atomic E-state index is -2.32. The number of nitrogens with zero attached hydrogens (tertiary/aromatic N) is 4. The zero-order valence-corrected chi connectivity index (χ0v) is 20.4. The van der Waals surface area contributed by atoms with Crippen molar-refractivity contribution in [1.29, 1.82) is 0 Å². The molecule has 2 N–H and O–H groups in total. The Balaban J connectivity index is 1.87. The summed E-state index contributed by atoms with van der Waals surface area (Å²) in [5, 5.41) is 6.27. The third-order valence-electron chi connectivity index (χ3n) is 4.87. The van der Waals surface area contributed by atoms with E-state index in [-0.39, 0.29) is 11.8 Å². The monoisotopic (exact) mass is 470 g/mol. The predicted molar refractivity (Wildman–Crippen MR) is 132 cm³/mol. The van der Waals surface area contributed by atoms with Crippen LogP contribution in [0.5, 0.6) is 5.75 Å². The Morgan fingerprint density at radius 2 is 2.03 bits per heavy atom. The number of hydrogen-bond acceptors (Lipinski definition) is 8. The summed E-state index contributed by atoms with van der Waals surface area (Å²) in [6.45, 7) is 2.01. The Morgan fingerprint density at radius 1 is 1.27 bits per heavy atom. The molecular formula is C23H30N6O3S. The zero-order valence-electron chi connectivity index (χ0n) is 19.6. The van der Waals surface area contributed by atoms with E-state index in [1.165, 1.54) is 6.20 Å². The molecule has 0 bridgehead atoms. The van der Waals surface area contributed by atoms with Crippen LogP contribution < -0.4 is 15.4 Å². The maximum Gasteiger partial charge on any atom is 0.228 e. The van der Waals surface area contributed by atoms with Crippen molar-refractivity contribution in [2.24, 2.45) is 15.3 Å². The number of aliphatic imine (C=N–C) groups is 1. The Labute approximate surface area is 195 Å². The van der Waals surface area contributed by atoms with Crippen LogP contribution in [-0.4, -0.2) is 52.6 Å². The van der Waals surface area contributed by atoms with E-state index in [0.717, 1.165) is 29.8 Å². The van der Waals surface area contributed by atoms with Gasteiger partial charge in [0.05, 0.1) is 30.9 Å². The largest absolute Gasteiger partial charge is 0.494 e. The first-order valence-electron chi connectivity index (χ1n) is 10.7. The second-order valence-corrected chi connectivity index (χ2v) is 10.5. The second kappa shape index (κ2) is 10.6. The number of para-hydroxylation sites is 1. The van der Waals surface area contributed by atoms with Gasteiger partial charge in [-0.25, -0.2) is 9.19 Å². The van der Waals surface area contributed by atoms with Crippen LogP contribution in [0.2, 0.25) is 0 Å². The molecule has 0 radical (unpaired) electrons. The number of amides is 1. The average molecular weight is 471 g/mol. The van der Waals surface area contributed by atoms with Crippen LogP contribution in [-0.2, 0) is 14.5 Å². The first-order chi connectivity index (χ1) is 15.7. The molecule has 0 saturated heterocycles. The van der Waals surface area contributed by atoms with Gasteiger partial charge >= 0.3 is 0 Å². The number of hydrogen-bond donors (Lipinski definition) is 2. The van der Waals surface area contributed by atoms with Crippen molar-refractivity contribution in [1.82, 2.24) is 15.3 Å². The summed E-state index contributed by atoms with van der Waals surface area (Å²) < 4.78 is 21.6. The minimum Gasteiger partial charge on any atom is -0.494 e. The molecule has 0 unspecified atom stereocenters. The molecule has 1 amide bonds. The van der Waals surface area contributed by atoms with Gasteiger partial charge in [-0.2, -0.15) is 4.36 Å². The second-order valence-electron chi connectivity index (χ2n) is 7.94. The lowest BCUT2D eigenvalue weighted by atomic mass is 10.1. The molecule has 1 aliphatic carbocycles. The molecule has 1 saturated carbocycles. The fourth-order valence-electron chi connectivity index (χ4n) is 3.08. The summed E-state index contributed by atoms with van der Waals surface area (Å²) in [6, 6.07) is 5.68. The highest BCUT2D eigenvalue weighted by Crippen LogP contribution is 2.36. The van der Waals surface area contributed by atoms with Crippen molar-refractivity contribution >= 4 is 33.0 Å². The number of allylic oxidation sites excluding steroid dienone is 1. The maximum atomic E-state index is 12.1. The predicted octanol–water partition coefficient (Wildman–Crippen LogP) is 3.77. The Kier molecular flexibility index (Phi) is 7.80. The summed E-state index contributed by atoms with van der Waals surface area (Å²) in [5.41, 5.74) is 2.95. The van der Waals surface area contributed by atoms with Crippen molar-refractivity contribution in [3.8, 4) is 17.0 Å². The molecular weight excluding hydrogens is 440 g/mol. The van der Waals surface area contributed by atoms with Crippen LogP contribution >= 0.6 is 0 Å². The van der Waals surface area contributed by atoms with Gasteiger partial charge < -0.3 is 15.4 Å². The molecule has 176 valence electrons. The summed E-state index contributed by atoms with van der Waals surface area (Å²) >= 11 is 0. The molecule has 1 fully saturated rings. The van der Waals surface area contributed by atoms with Crippen LogP contribution in [0.25, 0.3) is 11.3 Å². The van der Waals surface area contributed by atoms with Crippen molar-refractivity contribution in [3.05, 3.63) is 42.4 Å². The first kappa shape index (κ1) is 24.4. The van der Waals surface area contributed by atoms with Gasteiger partial charge in [-0.05, 0) is 37.5 Å². The summed E-state index contributed by atoms with van der Waals surface area (Å²) in [5.74, 6) is 1.55. The fraction of sp³-hybridized carbons (Fsp3) is 0.391. The van der Waals surface area contributed by atoms with Gasteiger partial charge in [0.25, 0.3) is 0 Å². The van der Waals surface area contributed by atoms with Crippen LogP contribution in [0, 0.1) is 5.92 Å². The normalized spacial score (nSPS) is 14.6. The molecule has 9 nitrogen and oxygen atoms in total. The SMILES string of the molecule is CC/C(=C\C(=NC)NC(=O)C1CC1)Nc1cccc(-c2cnc(N=S(C)(C)=O)cn2)c1OC. The van der Waals surface area contributed by atoms with E-state index >= 15 is 0 Å². The van der Waals surface area contributed by atoms with Crippen molar-refractivity contribution < 1.29 is 13.7 Å². The van der Waals surface area contributed by atoms with Gasteiger partial charge in [0.15, 0.2) is 11.6 Å². The molecule has 2 aromatic rings. The Morgan fingerprint density at radius 3 is 2.58 bits per heavy atom. The standard InChI is InChI=1S/C23H30N6O3S/c1-6-16(12-20(24-2)28-23(30)15-10-11-15)27-18-9-7-8-17(22(18)32-3)19-13-26-21(14-25-19)29-33(4,5)31/h7-9,12-15,27H,6,10-11H2,1-5H3,(H,24,28,30)/b16-12+. The highest BCUT2D eigenvalue weighted by molar-refractivity contribution is 7.92. The first-order valence-corrected chi connectivity index (χ1v) is 13.0. The minimum absolute atomic E-state index is 0.0117. The van der Waals surface area contributed by atoms with Gasteiger partial charge in [-0.15, -0.1) is 0 Å². The zero-order chi connectivity index (χ0) is 24.0. The molecule has 10 heteroatoms. The van der Waals surface area contributed by atoms with Gasteiger partial charge in [-0.1, -0.05) is 13.0 Å². The number of methoxy groups -OCH3 is 1. The van der Waals surface area contributed by atoms with E-state index in [0.29, 0.717) is 29.5 Å². The van der Waals surface area contributed by atoms with Crippen LogP contribution in [0.3, 0.4) is 0 Å². The number of carbonyl (C=O) groups excluding carboxylic acids is 1. The number of aromatic nitrogens is 2. The van der Waals surface area contributed by atoms with E-state index in [4.69, 9.17) is 4.74 Å². The van der Waals surface area contributed by atoms with Gasteiger partial charge in [-0.3, -0.25) is 14.8 Å². The van der Waals surface area contributed by atoms with Crippen molar-refractivity contribution in [2.45, 2.75) is 26.2 Å². The van der Waals surface area contributed by atoms with Crippen molar-refractivity contribution in [2.75, 3.05) is 32.0 Å².